The third-order valence-corrected chi connectivity index (χ3v) is 8.49. The molecule has 1 N–H and O–H groups in total. The second-order valence-electron chi connectivity index (χ2n) is 9.06. The molecule has 1 fully saturated rings. The van der Waals surface area contributed by atoms with E-state index in [1.54, 1.807) is 0 Å². The first-order valence-corrected chi connectivity index (χ1v) is 13.0. The number of rotatable bonds is 7. The molecule has 0 saturated carbocycles. The molecule has 3 aromatic rings. The highest BCUT2D eigenvalue weighted by molar-refractivity contribution is 7.89. The average molecular weight is 469 g/mol. The van der Waals surface area contributed by atoms with Crippen molar-refractivity contribution in [3.05, 3.63) is 74.6 Å². The van der Waals surface area contributed by atoms with Gasteiger partial charge in [-0.1, -0.05) is 30.7 Å². The number of aromatic nitrogens is 1. The van der Waals surface area contributed by atoms with Crippen molar-refractivity contribution in [3.63, 3.8) is 0 Å². The van der Waals surface area contributed by atoms with E-state index in [0.29, 0.717) is 28.2 Å². The van der Waals surface area contributed by atoms with Gasteiger partial charge in [-0.2, -0.15) is 4.31 Å². The number of benzene rings is 2. The zero-order valence-electron chi connectivity index (χ0n) is 19.8. The van der Waals surface area contributed by atoms with Crippen LogP contribution in [0.2, 0.25) is 0 Å². The van der Waals surface area contributed by atoms with Crippen molar-refractivity contribution in [1.82, 2.24) is 9.29 Å². The Hall–Kier alpha value is -2.48. The summed E-state index contributed by atoms with van der Waals surface area (Å²) in [4.78, 5) is 16.1. The maximum absolute atomic E-state index is 13.9. The fraction of sp³-hybridized carbons (Fsp3) is 0.423. The summed E-state index contributed by atoms with van der Waals surface area (Å²) in [6, 6.07) is 11.5. The van der Waals surface area contributed by atoms with Gasteiger partial charge in [0.05, 0.1) is 11.0 Å². The van der Waals surface area contributed by atoms with Crippen LogP contribution < -0.4 is 5.56 Å². The molecule has 1 unspecified atom stereocenters. The third-order valence-electron chi connectivity index (χ3n) is 6.37. The van der Waals surface area contributed by atoms with E-state index in [1.165, 1.54) is 4.31 Å². The molecule has 1 atom stereocenters. The van der Waals surface area contributed by atoms with Crippen LogP contribution in [0.1, 0.15) is 47.6 Å². The third kappa shape index (κ3) is 4.90. The van der Waals surface area contributed by atoms with E-state index in [4.69, 9.17) is 4.74 Å². The van der Waals surface area contributed by atoms with Crippen LogP contribution in [0.25, 0.3) is 10.9 Å². The summed E-state index contributed by atoms with van der Waals surface area (Å²) < 4.78 is 35.0. The zero-order chi connectivity index (χ0) is 23.8. The molecule has 1 aromatic heterocycles. The molecule has 6 nitrogen and oxygen atoms in total. The lowest BCUT2D eigenvalue weighted by atomic mass is 10.1. The standard InChI is InChI=1S/C26H32N2O4S/c1-5-20-8-9-24-21(13-20)14-22(26(29)27-24)15-28(16-23-7-6-10-32-23)33(30,31)25-18(3)11-17(2)12-19(25)4/h8-9,11-14,23H,5-7,10,15-16H2,1-4H3,(H,27,29). The monoisotopic (exact) mass is 468 g/mol. The molecule has 0 amide bonds. The predicted octanol–water partition coefficient (Wildman–Crippen LogP) is 4.39. The Morgan fingerprint density at radius 3 is 2.45 bits per heavy atom. The Labute approximate surface area is 195 Å². The predicted molar refractivity (Wildman–Crippen MR) is 131 cm³/mol. The van der Waals surface area contributed by atoms with Crippen molar-refractivity contribution < 1.29 is 13.2 Å². The topological polar surface area (TPSA) is 79.5 Å². The van der Waals surface area contributed by atoms with Crippen LogP contribution in [0.5, 0.6) is 0 Å². The Morgan fingerprint density at radius 2 is 1.82 bits per heavy atom. The molecule has 0 spiro atoms. The van der Waals surface area contributed by atoms with Gasteiger partial charge in [0.25, 0.3) is 5.56 Å². The van der Waals surface area contributed by atoms with Crippen molar-refractivity contribution in [1.29, 1.82) is 0 Å². The summed E-state index contributed by atoms with van der Waals surface area (Å²) >= 11 is 0. The number of aryl methyl sites for hydroxylation is 4. The number of pyridine rings is 1. The lowest BCUT2D eigenvalue weighted by Crippen LogP contribution is -2.38. The highest BCUT2D eigenvalue weighted by Crippen LogP contribution is 2.28. The van der Waals surface area contributed by atoms with Crippen LogP contribution in [0.3, 0.4) is 0 Å². The van der Waals surface area contributed by atoms with Gasteiger partial charge in [0.1, 0.15) is 0 Å². The molecule has 1 aliphatic rings. The Morgan fingerprint density at radius 1 is 1.09 bits per heavy atom. The van der Waals surface area contributed by atoms with Crippen molar-refractivity contribution >= 4 is 20.9 Å². The molecule has 33 heavy (non-hydrogen) atoms. The van der Waals surface area contributed by atoms with Crippen LogP contribution in [-0.4, -0.2) is 37.0 Å². The van der Waals surface area contributed by atoms with E-state index in [-0.39, 0.29) is 24.8 Å². The maximum Gasteiger partial charge on any atom is 0.252 e. The lowest BCUT2D eigenvalue weighted by Gasteiger charge is -2.26. The van der Waals surface area contributed by atoms with Gasteiger partial charge in [-0.25, -0.2) is 8.42 Å². The Balaban J connectivity index is 1.78. The molecule has 2 heterocycles. The number of ether oxygens (including phenoxy) is 1. The van der Waals surface area contributed by atoms with E-state index >= 15 is 0 Å². The number of fused-ring (bicyclic) bond motifs is 1. The number of H-pyrrole nitrogens is 1. The first-order chi connectivity index (χ1) is 15.7. The molecule has 1 saturated heterocycles. The molecule has 176 valence electrons. The van der Waals surface area contributed by atoms with Gasteiger partial charge < -0.3 is 9.72 Å². The molecule has 7 heteroatoms. The van der Waals surface area contributed by atoms with Gasteiger partial charge in [0, 0.05) is 30.8 Å². The van der Waals surface area contributed by atoms with Crippen LogP contribution in [0.4, 0.5) is 0 Å². The number of nitrogens with one attached hydrogen (secondary N) is 1. The Bertz CT molecular complexity index is 1320. The molecule has 4 rings (SSSR count). The van der Waals surface area contributed by atoms with Crippen molar-refractivity contribution in [2.24, 2.45) is 0 Å². The fourth-order valence-electron chi connectivity index (χ4n) is 4.79. The number of hydrogen-bond donors (Lipinski definition) is 1. The summed E-state index contributed by atoms with van der Waals surface area (Å²) in [5.41, 5.74) is 4.52. The molecule has 0 radical (unpaired) electrons. The minimum atomic E-state index is -3.85. The van der Waals surface area contributed by atoms with Crippen molar-refractivity contribution in [2.45, 2.75) is 64.5 Å². The molecule has 0 aliphatic carbocycles. The first kappa shape index (κ1) is 23.7. The molecule has 0 bridgehead atoms. The smallest absolute Gasteiger partial charge is 0.252 e. The lowest BCUT2D eigenvalue weighted by molar-refractivity contribution is 0.0925. The molecular weight excluding hydrogens is 436 g/mol. The summed E-state index contributed by atoms with van der Waals surface area (Å²) in [6.45, 7) is 8.55. The second kappa shape index (κ2) is 9.41. The van der Waals surface area contributed by atoms with Crippen LogP contribution in [0.15, 0.2) is 46.1 Å². The van der Waals surface area contributed by atoms with Gasteiger partial charge in [0.2, 0.25) is 10.0 Å². The summed E-state index contributed by atoms with van der Waals surface area (Å²) in [6.07, 6.45) is 2.44. The van der Waals surface area contributed by atoms with E-state index in [1.807, 2.05) is 57.2 Å². The summed E-state index contributed by atoms with van der Waals surface area (Å²) in [7, 11) is -3.85. The van der Waals surface area contributed by atoms with E-state index in [2.05, 4.69) is 11.9 Å². The fourth-order valence-corrected chi connectivity index (χ4v) is 6.66. The minimum Gasteiger partial charge on any atom is -0.377 e. The number of sulfonamides is 1. The van der Waals surface area contributed by atoms with Gasteiger partial charge in [-0.05, 0) is 80.3 Å². The van der Waals surface area contributed by atoms with E-state index in [9.17, 15) is 13.2 Å². The quantitative estimate of drug-likeness (QED) is 0.558. The Kier molecular flexibility index (Phi) is 6.75. The van der Waals surface area contributed by atoms with Crippen LogP contribution in [0, 0.1) is 20.8 Å². The van der Waals surface area contributed by atoms with Crippen molar-refractivity contribution in [2.75, 3.05) is 13.2 Å². The second-order valence-corrected chi connectivity index (χ2v) is 10.9. The summed E-state index contributed by atoms with van der Waals surface area (Å²) in [5, 5.41) is 0.904. The van der Waals surface area contributed by atoms with Gasteiger partial charge in [-0.15, -0.1) is 0 Å². The highest BCUT2D eigenvalue weighted by Gasteiger charge is 2.32. The van der Waals surface area contributed by atoms with E-state index in [0.717, 1.165) is 41.3 Å². The van der Waals surface area contributed by atoms with Gasteiger partial charge in [0.15, 0.2) is 0 Å². The number of hydrogen-bond acceptors (Lipinski definition) is 4. The largest absolute Gasteiger partial charge is 0.377 e. The van der Waals surface area contributed by atoms with Crippen LogP contribution >= 0.6 is 0 Å². The SMILES string of the molecule is CCc1ccc2[nH]c(=O)c(CN(CC3CCCO3)S(=O)(=O)c3c(C)cc(C)cc3C)cc2c1. The van der Waals surface area contributed by atoms with Crippen LogP contribution in [-0.2, 0) is 27.7 Å². The first-order valence-electron chi connectivity index (χ1n) is 11.5. The summed E-state index contributed by atoms with van der Waals surface area (Å²) in [5.74, 6) is 0. The molecule has 1 aliphatic heterocycles. The van der Waals surface area contributed by atoms with Gasteiger partial charge >= 0.3 is 0 Å². The number of nitrogens with zero attached hydrogens (tertiary/aromatic N) is 1. The number of aromatic amines is 1. The van der Waals surface area contributed by atoms with Crippen molar-refractivity contribution in [3.8, 4) is 0 Å². The molecular formula is C26H32N2O4S. The van der Waals surface area contributed by atoms with Gasteiger partial charge in [-0.3, -0.25) is 4.79 Å². The average Bonchev–Trinajstić information content (AvgIpc) is 3.25. The highest BCUT2D eigenvalue weighted by atomic mass is 32.2. The zero-order valence-corrected chi connectivity index (χ0v) is 20.6. The molecule has 2 aromatic carbocycles. The maximum atomic E-state index is 13.9. The van der Waals surface area contributed by atoms with E-state index < -0.39 is 10.0 Å². The normalized spacial score (nSPS) is 16.7. The minimum absolute atomic E-state index is 0.00340.